The molecule has 2 aliphatic rings. The Morgan fingerprint density at radius 2 is 1.83 bits per heavy atom. The summed E-state index contributed by atoms with van der Waals surface area (Å²) in [5.74, 6) is 1.79. The van der Waals surface area contributed by atoms with Gasteiger partial charge in [-0.05, 0) is 50.9 Å². The molecule has 0 saturated carbocycles. The van der Waals surface area contributed by atoms with Crippen molar-refractivity contribution in [2.45, 2.75) is 44.4 Å². The Balaban J connectivity index is 0.00000289. The summed E-state index contributed by atoms with van der Waals surface area (Å²) in [6.45, 7) is 10.3. The van der Waals surface area contributed by atoms with Crippen LogP contribution in [0.1, 0.15) is 30.7 Å². The Morgan fingerprint density at radius 3 is 2.54 bits per heavy atom. The van der Waals surface area contributed by atoms with Crippen molar-refractivity contribution >= 4 is 21.8 Å². The first-order valence-corrected chi connectivity index (χ1v) is 12.6. The van der Waals surface area contributed by atoms with Gasteiger partial charge >= 0.3 is 29.6 Å². The molecule has 1 aromatic carbocycles. The first-order chi connectivity index (χ1) is 16.3. The second-order valence-electron chi connectivity index (χ2n) is 9.02. The predicted octanol–water partition coefficient (Wildman–Crippen LogP) is 0.0647. The second-order valence-corrected chi connectivity index (χ2v) is 10.4. The summed E-state index contributed by atoms with van der Waals surface area (Å²) in [5, 5.41) is 0.265. The smallest absolute Gasteiger partial charge is 0.492 e. The van der Waals surface area contributed by atoms with Gasteiger partial charge in [0.15, 0.2) is 17.3 Å². The third kappa shape index (κ3) is 5.84. The minimum absolute atomic E-state index is 0. The standard InChI is InChI=1S/C24H28N3O6S.Na/c1-14-9-25-19(15(2)22(14)31-10-16-11-32-24(3,4)33-12-16)13-34(28)23-26-17-7-20-21(8-18(17)27-23)30-6-5-29-20;/h7-9,16H,5-6,10-13H2,1-4H3;/q-1;+1. The molecule has 0 radical (unpaired) electrons. The third-order valence-electron chi connectivity index (χ3n) is 5.89. The largest absolute Gasteiger partial charge is 1.00 e. The van der Waals surface area contributed by atoms with E-state index in [1.54, 1.807) is 18.3 Å². The zero-order valence-electron chi connectivity index (χ0n) is 20.8. The maximum Gasteiger partial charge on any atom is 1.00 e. The van der Waals surface area contributed by atoms with E-state index < -0.39 is 16.6 Å². The molecule has 5 rings (SSSR count). The molecule has 0 aliphatic carbocycles. The van der Waals surface area contributed by atoms with Crippen molar-refractivity contribution in [3.63, 3.8) is 0 Å². The Labute approximate surface area is 229 Å². The van der Waals surface area contributed by atoms with Crippen LogP contribution in [0, 0.1) is 19.8 Å². The molecule has 35 heavy (non-hydrogen) atoms. The summed E-state index contributed by atoms with van der Waals surface area (Å²) < 4.78 is 41.9. The minimum Gasteiger partial charge on any atom is -0.492 e. The molecule has 1 saturated heterocycles. The average Bonchev–Trinajstić information content (AvgIpc) is 3.23. The van der Waals surface area contributed by atoms with E-state index in [0.29, 0.717) is 61.3 Å². The number of hydrogen-bond acceptors (Lipinski definition) is 8. The summed E-state index contributed by atoms with van der Waals surface area (Å²) in [6, 6.07) is 3.55. The van der Waals surface area contributed by atoms with Crippen LogP contribution in [0.5, 0.6) is 17.2 Å². The SMILES string of the molecule is Cc1cnc(CS(=O)c2nc3cc4c(cc3[n-]2)OCCO4)c(C)c1OCC1COC(C)(C)OC1.[Na+]. The van der Waals surface area contributed by atoms with Crippen molar-refractivity contribution in [3.8, 4) is 17.2 Å². The van der Waals surface area contributed by atoms with E-state index in [0.717, 1.165) is 16.9 Å². The van der Waals surface area contributed by atoms with E-state index in [2.05, 4.69) is 15.0 Å². The van der Waals surface area contributed by atoms with E-state index in [4.69, 9.17) is 23.7 Å². The molecule has 0 bridgehead atoms. The van der Waals surface area contributed by atoms with Gasteiger partial charge in [0.25, 0.3) is 0 Å². The maximum atomic E-state index is 13.1. The van der Waals surface area contributed by atoms with Crippen molar-refractivity contribution in [1.29, 1.82) is 0 Å². The molecule has 2 aliphatic heterocycles. The van der Waals surface area contributed by atoms with Crippen LogP contribution in [0.25, 0.3) is 11.0 Å². The third-order valence-corrected chi connectivity index (χ3v) is 7.01. The molecule has 9 nitrogen and oxygen atoms in total. The van der Waals surface area contributed by atoms with Crippen LogP contribution in [-0.4, -0.2) is 53.0 Å². The molecule has 3 aromatic rings. The monoisotopic (exact) mass is 509 g/mol. The van der Waals surface area contributed by atoms with E-state index in [1.807, 2.05) is 27.7 Å². The van der Waals surface area contributed by atoms with E-state index in [-0.39, 0.29) is 46.4 Å². The number of aromatic nitrogens is 3. The van der Waals surface area contributed by atoms with Crippen molar-refractivity contribution in [2.75, 3.05) is 33.0 Å². The number of ether oxygens (including phenoxy) is 5. The van der Waals surface area contributed by atoms with Crippen molar-refractivity contribution < 1.29 is 57.5 Å². The van der Waals surface area contributed by atoms with Gasteiger partial charge in [-0.1, -0.05) is 0 Å². The molecule has 1 unspecified atom stereocenters. The maximum absolute atomic E-state index is 13.1. The van der Waals surface area contributed by atoms with Gasteiger partial charge in [0.05, 0.1) is 42.1 Å². The van der Waals surface area contributed by atoms with Gasteiger partial charge < -0.3 is 33.7 Å². The zero-order valence-corrected chi connectivity index (χ0v) is 23.6. The average molecular weight is 510 g/mol. The summed E-state index contributed by atoms with van der Waals surface area (Å²) in [6.07, 6.45) is 1.75. The van der Waals surface area contributed by atoms with Crippen LogP contribution in [0.2, 0.25) is 0 Å². The summed E-state index contributed by atoms with van der Waals surface area (Å²) >= 11 is 0. The number of nitrogens with zero attached hydrogens (tertiary/aromatic N) is 3. The number of imidazole rings is 1. The fourth-order valence-electron chi connectivity index (χ4n) is 3.92. The van der Waals surface area contributed by atoms with Crippen LogP contribution in [-0.2, 0) is 26.0 Å². The molecular weight excluding hydrogens is 481 g/mol. The van der Waals surface area contributed by atoms with Crippen LogP contribution in [0.4, 0.5) is 0 Å². The number of pyridine rings is 1. The fourth-order valence-corrected chi connectivity index (χ4v) is 4.99. The Kier molecular flexibility index (Phi) is 8.09. The molecule has 1 fully saturated rings. The van der Waals surface area contributed by atoms with Crippen LogP contribution < -0.4 is 48.8 Å². The second kappa shape index (κ2) is 10.7. The first-order valence-electron chi connectivity index (χ1n) is 11.3. The molecule has 182 valence electrons. The number of hydrogen-bond donors (Lipinski definition) is 0. The molecule has 1 atom stereocenters. The Hall–Kier alpha value is -1.69. The number of aryl methyl sites for hydroxylation is 1. The fraction of sp³-hybridized carbons (Fsp3) is 0.500. The van der Waals surface area contributed by atoms with Gasteiger partial charge in [0.1, 0.15) is 19.0 Å². The quantitative estimate of drug-likeness (QED) is 0.427. The molecule has 4 heterocycles. The number of fused-ring (bicyclic) bond motifs is 2. The molecule has 0 N–H and O–H groups in total. The normalized spacial score (nSPS) is 18.2. The van der Waals surface area contributed by atoms with E-state index >= 15 is 0 Å². The van der Waals surface area contributed by atoms with Gasteiger partial charge in [-0.25, -0.2) is 0 Å². The Bertz CT molecular complexity index is 1190. The van der Waals surface area contributed by atoms with Crippen LogP contribution in [0.3, 0.4) is 0 Å². The van der Waals surface area contributed by atoms with Gasteiger partial charge in [-0.3, -0.25) is 9.19 Å². The van der Waals surface area contributed by atoms with Gasteiger partial charge in [-0.2, -0.15) is 0 Å². The molecule has 0 spiro atoms. The first kappa shape index (κ1) is 26.4. The van der Waals surface area contributed by atoms with E-state index in [9.17, 15) is 4.21 Å². The molecule has 2 aromatic heterocycles. The van der Waals surface area contributed by atoms with Crippen LogP contribution >= 0.6 is 0 Å². The zero-order chi connectivity index (χ0) is 23.9. The van der Waals surface area contributed by atoms with Crippen LogP contribution in [0.15, 0.2) is 23.5 Å². The van der Waals surface area contributed by atoms with E-state index in [1.165, 1.54) is 0 Å². The van der Waals surface area contributed by atoms with Crippen molar-refractivity contribution in [2.24, 2.45) is 5.92 Å². The van der Waals surface area contributed by atoms with Crippen molar-refractivity contribution in [1.82, 2.24) is 15.0 Å². The predicted molar refractivity (Wildman–Crippen MR) is 125 cm³/mol. The summed E-state index contributed by atoms with van der Waals surface area (Å²) in [5.41, 5.74) is 3.73. The summed E-state index contributed by atoms with van der Waals surface area (Å²) in [4.78, 5) is 13.4. The summed E-state index contributed by atoms with van der Waals surface area (Å²) in [7, 11) is -1.47. The topological polar surface area (TPSA) is 103 Å². The molecule has 0 amide bonds. The molecular formula is C24H28N3NaO6S. The minimum atomic E-state index is -1.47. The molecule has 11 heteroatoms. The van der Waals surface area contributed by atoms with Gasteiger partial charge in [0.2, 0.25) is 0 Å². The van der Waals surface area contributed by atoms with Crippen molar-refractivity contribution in [3.05, 3.63) is 35.2 Å². The number of benzene rings is 1. The van der Waals surface area contributed by atoms with Gasteiger partial charge in [0, 0.05) is 28.4 Å². The number of rotatable bonds is 6. The van der Waals surface area contributed by atoms with Gasteiger partial charge in [-0.15, -0.1) is 0 Å². The Morgan fingerprint density at radius 1 is 1.14 bits per heavy atom.